The zero-order chi connectivity index (χ0) is 39.0. The molecule has 0 aliphatic heterocycles. The Kier molecular flexibility index (Phi) is 12.3. The van der Waals surface area contributed by atoms with Gasteiger partial charge in [-0.1, -0.05) is 69.0 Å². The molecule has 2 aromatic heterocycles. The number of benzene rings is 4. The van der Waals surface area contributed by atoms with Crippen molar-refractivity contribution in [3.63, 3.8) is 0 Å². The molecular weight excluding hydrogens is 713 g/mol. The van der Waals surface area contributed by atoms with E-state index in [-0.39, 0.29) is 5.97 Å². The van der Waals surface area contributed by atoms with Gasteiger partial charge in [-0.2, -0.15) is 0 Å². The number of hydrogen-bond acceptors (Lipinski definition) is 8. The highest BCUT2D eigenvalue weighted by molar-refractivity contribution is 5.81. The van der Waals surface area contributed by atoms with Gasteiger partial charge in [0, 0.05) is 29.7 Å². The smallest absolute Gasteiger partial charge is 0.305 e. The van der Waals surface area contributed by atoms with E-state index < -0.39 is 0 Å². The summed E-state index contributed by atoms with van der Waals surface area (Å²) in [7, 11) is 0. The molecule has 0 unspecified atom stereocenters. The maximum absolute atomic E-state index is 11.7. The van der Waals surface area contributed by atoms with Gasteiger partial charge in [-0.25, -0.2) is 9.97 Å². The first-order chi connectivity index (χ1) is 28.0. The second-order valence-electron chi connectivity index (χ2n) is 15.6. The summed E-state index contributed by atoms with van der Waals surface area (Å²) in [6, 6.07) is 25.1. The van der Waals surface area contributed by atoms with Gasteiger partial charge in [-0.15, -0.1) is 0 Å². The number of unbranched alkanes of at least 4 members (excludes halogenated alkanes) is 2. The molecule has 2 saturated carbocycles. The van der Waals surface area contributed by atoms with Gasteiger partial charge < -0.3 is 23.0 Å². The molecule has 8 heteroatoms. The molecule has 0 radical (unpaired) electrons. The molecule has 2 heterocycles. The summed E-state index contributed by atoms with van der Waals surface area (Å²) in [4.78, 5) is 21.5. The van der Waals surface area contributed by atoms with Crippen LogP contribution in [0.2, 0.25) is 0 Å². The number of nitrogens with zero attached hydrogens (tertiary/aromatic N) is 2. The lowest BCUT2D eigenvalue weighted by molar-refractivity contribution is -0.143. The maximum atomic E-state index is 11.7. The van der Waals surface area contributed by atoms with Gasteiger partial charge in [-0.05, 0) is 129 Å². The third-order valence-corrected chi connectivity index (χ3v) is 11.5. The van der Waals surface area contributed by atoms with Crippen molar-refractivity contribution in [2.24, 2.45) is 0 Å². The van der Waals surface area contributed by atoms with Crippen LogP contribution < -0.4 is 9.47 Å². The van der Waals surface area contributed by atoms with E-state index in [1.54, 1.807) is 0 Å². The number of esters is 1. The highest BCUT2D eigenvalue weighted by Gasteiger charge is 2.25. The minimum Gasteiger partial charge on any atom is -0.493 e. The molecule has 0 atom stereocenters. The summed E-state index contributed by atoms with van der Waals surface area (Å²) in [5.41, 5.74) is 9.79. The fraction of sp³-hybridized carbons (Fsp3) is 0.408. The average Bonchev–Trinajstić information content (AvgIpc) is 4.08. The zero-order valence-electron chi connectivity index (χ0n) is 33.4. The molecular formula is C49H54N2O6. The molecule has 2 aliphatic carbocycles. The van der Waals surface area contributed by atoms with Crippen LogP contribution in [-0.2, 0) is 9.53 Å². The first kappa shape index (κ1) is 38.5. The Balaban J connectivity index is 0.919. The molecule has 8 nitrogen and oxygen atoms in total. The highest BCUT2D eigenvalue weighted by atomic mass is 16.5. The molecule has 0 spiro atoms. The Morgan fingerprint density at radius 3 is 1.61 bits per heavy atom. The van der Waals surface area contributed by atoms with Crippen LogP contribution in [-0.4, -0.2) is 35.8 Å². The van der Waals surface area contributed by atoms with Gasteiger partial charge in [0.1, 0.15) is 22.5 Å². The van der Waals surface area contributed by atoms with Crippen LogP contribution in [0.1, 0.15) is 131 Å². The summed E-state index contributed by atoms with van der Waals surface area (Å²) >= 11 is 0. The third kappa shape index (κ3) is 9.27. The van der Waals surface area contributed by atoms with Crippen LogP contribution in [0.4, 0.5) is 0 Å². The van der Waals surface area contributed by atoms with E-state index in [4.69, 9.17) is 33.0 Å². The summed E-state index contributed by atoms with van der Waals surface area (Å²) in [6.45, 7) is 5.71. The standard InChI is InChI=1S/C49H54N2O6/c1-3-27-54-43-31-45-41(29-39(43)35-12-7-8-13-35)50-48(56-45)37-23-19-33(20-24-37)17-18-34-21-25-38(26-22-34)49-51-42-30-40(36-14-9-10-15-36)44(32-46(42)57-49)55-28-11-5-6-16-47(52)53-4-2/h17-26,29-32,35-36H,3-16,27-28H2,1-2H3/b18-17+. The number of fused-ring (bicyclic) bond motifs is 2. The van der Waals surface area contributed by atoms with Crippen molar-refractivity contribution >= 4 is 40.3 Å². The van der Waals surface area contributed by atoms with Crippen LogP contribution >= 0.6 is 0 Å². The van der Waals surface area contributed by atoms with Crippen LogP contribution in [0.25, 0.3) is 57.3 Å². The van der Waals surface area contributed by atoms with Crippen molar-refractivity contribution in [3.05, 3.63) is 95.1 Å². The molecule has 6 aromatic rings. The zero-order valence-corrected chi connectivity index (χ0v) is 33.4. The minimum absolute atomic E-state index is 0.126. The molecule has 0 bridgehead atoms. The van der Waals surface area contributed by atoms with Crippen molar-refractivity contribution in [3.8, 4) is 34.4 Å². The molecule has 0 saturated heterocycles. The molecule has 2 fully saturated rings. The predicted octanol–water partition coefficient (Wildman–Crippen LogP) is 13.1. The Bertz CT molecular complexity index is 2290. The normalized spacial score (nSPS) is 15.1. The monoisotopic (exact) mass is 766 g/mol. The van der Waals surface area contributed by atoms with Crippen LogP contribution in [0, 0.1) is 0 Å². The van der Waals surface area contributed by atoms with E-state index in [2.05, 4.69) is 79.7 Å². The highest BCUT2D eigenvalue weighted by Crippen LogP contribution is 2.43. The summed E-state index contributed by atoms with van der Waals surface area (Å²) in [6.07, 6.45) is 18.0. The molecule has 57 heavy (non-hydrogen) atoms. The fourth-order valence-corrected chi connectivity index (χ4v) is 8.39. The Morgan fingerprint density at radius 1 is 0.649 bits per heavy atom. The lowest BCUT2D eigenvalue weighted by Gasteiger charge is -2.16. The van der Waals surface area contributed by atoms with Crippen molar-refractivity contribution in [1.29, 1.82) is 0 Å². The largest absolute Gasteiger partial charge is 0.493 e. The first-order valence-corrected chi connectivity index (χ1v) is 21.2. The lowest BCUT2D eigenvalue weighted by Crippen LogP contribution is -2.05. The molecule has 0 amide bonds. The number of oxazole rings is 2. The minimum atomic E-state index is -0.126. The summed E-state index contributed by atoms with van der Waals surface area (Å²) in [5, 5.41) is 0. The topological polar surface area (TPSA) is 96.8 Å². The molecule has 296 valence electrons. The quantitative estimate of drug-likeness (QED) is 0.0514. The Labute approximate surface area is 335 Å². The van der Waals surface area contributed by atoms with E-state index in [0.717, 1.165) is 81.6 Å². The Morgan fingerprint density at radius 2 is 1.14 bits per heavy atom. The van der Waals surface area contributed by atoms with E-state index in [0.29, 0.717) is 49.9 Å². The molecule has 4 aromatic carbocycles. The van der Waals surface area contributed by atoms with Crippen molar-refractivity contribution in [2.75, 3.05) is 19.8 Å². The molecule has 0 N–H and O–H groups in total. The first-order valence-electron chi connectivity index (χ1n) is 21.2. The van der Waals surface area contributed by atoms with Crippen LogP contribution in [0.3, 0.4) is 0 Å². The fourth-order valence-electron chi connectivity index (χ4n) is 8.39. The van der Waals surface area contributed by atoms with Crippen LogP contribution in [0.5, 0.6) is 11.5 Å². The third-order valence-electron chi connectivity index (χ3n) is 11.5. The summed E-state index contributed by atoms with van der Waals surface area (Å²) in [5.74, 6) is 3.95. The predicted molar refractivity (Wildman–Crippen MR) is 227 cm³/mol. The van der Waals surface area contributed by atoms with Crippen LogP contribution in [0.15, 0.2) is 81.6 Å². The van der Waals surface area contributed by atoms with Crippen molar-refractivity contribution in [1.82, 2.24) is 9.97 Å². The second-order valence-corrected chi connectivity index (χ2v) is 15.6. The number of ether oxygens (including phenoxy) is 3. The van der Waals surface area contributed by atoms with Gasteiger partial charge in [-0.3, -0.25) is 4.79 Å². The van der Waals surface area contributed by atoms with E-state index in [1.165, 1.54) is 62.5 Å². The molecule has 8 rings (SSSR count). The SMILES string of the molecule is CCCOc1cc2oc(-c3ccc(/C=C/c4ccc(-c5nc6cc(C7CCCC7)c(OCCCCCC(=O)OCC)cc6o5)cc4)cc3)nc2cc1C1CCCC1. The van der Waals surface area contributed by atoms with Gasteiger partial charge >= 0.3 is 5.97 Å². The average molecular weight is 767 g/mol. The molecule has 2 aliphatic rings. The number of rotatable bonds is 17. The number of aromatic nitrogens is 2. The Hall–Kier alpha value is -5.37. The number of hydrogen-bond donors (Lipinski definition) is 0. The van der Waals surface area contributed by atoms with E-state index in [1.807, 2.05) is 19.1 Å². The van der Waals surface area contributed by atoms with Gasteiger partial charge in [0.2, 0.25) is 11.8 Å². The van der Waals surface area contributed by atoms with E-state index in [9.17, 15) is 4.79 Å². The number of carbonyl (C=O) groups is 1. The summed E-state index contributed by atoms with van der Waals surface area (Å²) < 4.78 is 30.2. The number of carbonyl (C=O) groups excluding carboxylic acids is 1. The van der Waals surface area contributed by atoms with Gasteiger partial charge in [0.15, 0.2) is 11.2 Å². The van der Waals surface area contributed by atoms with Crippen molar-refractivity contribution < 1.29 is 27.8 Å². The van der Waals surface area contributed by atoms with Gasteiger partial charge in [0.25, 0.3) is 0 Å². The maximum Gasteiger partial charge on any atom is 0.305 e. The lowest BCUT2D eigenvalue weighted by atomic mass is 9.96. The van der Waals surface area contributed by atoms with E-state index >= 15 is 0 Å². The van der Waals surface area contributed by atoms with Gasteiger partial charge in [0.05, 0.1) is 19.8 Å². The van der Waals surface area contributed by atoms with Crippen molar-refractivity contribution in [2.45, 2.75) is 109 Å². The second kappa shape index (κ2) is 18.3.